The zero-order chi connectivity index (χ0) is 14.3. The van der Waals surface area contributed by atoms with Gasteiger partial charge in [0.05, 0.1) is 6.54 Å². The summed E-state index contributed by atoms with van der Waals surface area (Å²) >= 11 is 0. The summed E-state index contributed by atoms with van der Waals surface area (Å²) in [6.07, 6.45) is 1.62. The van der Waals surface area contributed by atoms with Crippen molar-refractivity contribution in [1.82, 2.24) is 5.32 Å². The predicted molar refractivity (Wildman–Crippen MR) is 78.2 cm³/mol. The zero-order valence-electron chi connectivity index (χ0n) is 11.1. The molecular formula is C14H18N2O2S. The van der Waals surface area contributed by atoms with Crippen LogP contribution in [0.3, 0.4) is 0 Å². The summed E-state index contributed by atoms with van der Waals surface area (Å²) in [7, 11) is -0.928. The molecule has 4 nitrogen and oxygen atoms in total. The average molecular weight is 278 g/mol. The third-order valence-corrected chi connectivity index (χ3v) is 3.29. The number of hydrogen-bond donors (Lipinski definition) is 2. The van der Waals surface area contributed by atoms with Gasteiger partial charge in [-0.3, -0.25) is 9.00 Å². The molecule has 1 aromatic carbocycles. The Morgan fingerprint density at radius 2 is 2.26 bits per heavy atom. The molecule has 0 aliphatic heterocycles. The van der Waals surface area contributed by atoms with Crippen LogP contribution in [0.1, 0.15) is 22.8 Å². The zero-order valence-corrected chi connectivity index (χ0v) is 11.9. The Morgan fingerprint density at radius 1 is 1.53 bits per heavy atom. The van der Waals surface area contributed by atoms with Crippen molar-refractivity contribution >= 4 is 16.7 Å². The third-order valence-electron chi connectivity index (χ3n) is 2.32. The number of amides is 1. The molecule has 19 heavy (non-hydrogen) atoms. The van der Waals surface area contributed by atoms with Gasteiger partial charge in [-0.2, -0.15) is 0 Å². The minimum atomic E-state index is -0.928. The standard InChI is InChI=1S/C14H18N2O2S/c1-11(10-19(2)18)16-14(17)13-7-3-5-12(9-13)6-4-8-15/h3,5,7,9,11H,8,10,15H2,1-2H3,(H,16,17). The summed E-state index contributed by atoms with van der Waals surface area (Å²) in [5, 5.41) is 2.81. The minimum Gasteiger partial charge on any atom is -0.349 e. The van der Waals surface area contributed by atoms with Gasteiger partial charge >= 0.3 is 0 Å². The molecule has 5 heteroatoms. The van der Waals surface area contributed by atoms with Crippen molar-refractivity contribution in [1.29, 1.82) is 0 Å². The maximum absolute atomic E-state index is 12.0. The fourth-order valence-corrected chi connectivity index (χ4v) is 2.38. The molecule has 3 N–H and O–H groups in total. The summed E-state index contributed by atoms with van der Waals surface area (Å²) in [5.41, 5.74) is 6.60. The second-order valence-corrected chi connectivity index (χ2v) is 5.68. The monoisotopic (exact) mass is 278 g/mol. The Balaban J connectivity index is 2.74. The van der Waals surface area contributed by atoms with Crippen molar-refractivity contribution in [3.05, 3.63) is 35.4 Å². The fourth-order valence-electron chi connectivity index (χ4n) is 1.59. The van der Waals surface area contributed by atoms with Crippen LogP contribution in [0.4, 0.5) is 0 Å². The van der Waals surface area contributed by atoms with Crippen molar-refractivity contribution in [2.45, 2.75) is 13.0 Å². The average Bonchev–Trinajstić information content (AvgIpc) is 2.35. The van der Waals surface area contributed by atoms with Gasteiger partial charge in [-0.1, -0.05) is 17.9 Å². The molecule has 0 bridgehead atoms. The molecule has 1 rings (SSSR count). The highest BCUT2D eigenvalue weighted by molar-refractivity contribution is 7.84. The van der Waals surface area contributed by atoms with E-state index in [-0.39, 0.29) is 18.5 Å². The van der Waals surface area contributed by atoms with E-state index in [4.69, 9.17) is 5.73 Å². The van der Waals surface area contributed by atoms with Crippen LogP contribution in [0.15, 0.2) is 24.3 Å². The maximum Gasteiger partial charge on any atom is 0.251 e. The molecule has 0 fully saturated rings. The van der Waals surface area contributed by atoms with E-state index in [0.29, 0.717) is 11.3 Å². The van der Waals surface area contributed by atoms with Crippen molar-refractivity contribution in [2.24, 2.45) is 5.73 Å². The van der Waals surface area contributed by atoms with Crippen molar-refractivity contribution in [3.8, 4) is 11.8 Å². The lowest BCUT2D eigenvalue weighted by Crippen LogP contribution is -2.36. The third kappa shape index (κ3) is 5.69. The number of carbonyl (C=O) groups excluding carboxylic acids is 1. The Bertz CT molecular complexity index is 532. The summed E-state index contributed by atoms with van der Waals surface area (Å²) in [6.45, 7) is 2.12. The van der Waals surface area contributed by atoms with Gasteiger partial charge in [0.2, 0.25) is 0 Å². The van der Waals surface area contributed by atoms with Gasteiger partial charge in [0.1, 0.15) is 0 Å². The van der Waals surface area contributed by atoms with Crippen molar-refractivity contribution < 1.29 is 9.00 Å². The van der Waals surface area contributed by atoms with Crippen LogP contribution >= 0.6 is 0 Å². The van der Waals surface area contributed by atoms with Crippen LogP contribution in [-0.2, 0) is 10.8 Å². The van der Waals surface area contributed by atoms with Crippen LogP contribution in [0.2, 0.25) is 0 Å². The van der Waals surface area contributed by atoms with Crippen molar-refractivity contribution in [2.75, 3.05) is 18.6 Å². The van der Waals surface area contributed by atoms with Crippen molar-refractivity contribution in [3.63, 3.8) is 0 Å². The lowest BCUT2D eigenvalue weighted by molar-refractivity contribution is 0.0943. The molecule has 1 aromatic rings. The SMILES string of the molecule is CC(CS(C)=O)NC(=O)c1cccc(C#CCN)c1. The molecule has 0 aliphatic rings. The topological polar surface area (TPSA) is 72.2 Å². The second kappa shape index (κ2) is 7.72. The van der Waals surface area contributed by atoms with Crippen LogP contribution in [0, 0.1) is 11.8 Å². The molecule has 0 spiro atoms. The number of benzene rings is 1. The summed E-state index contributed by atoms with van der Waals surface area (Å²) in [6, 6.07) is 6.91. The number of hydrogen-bond acceptors (Lipinski definition) is 3. The van der Waals surface area contributed by atoms with Crippen LogP contribution < -0.4 is 11.1 Å². The first-order valence-corrected chi connectivity index (χ1v) is 7.65. The molecule has 0 aromatic heterocycles. The van der Waals surface area contributed by atoms with Gasteiger partial charge in [-0.25, -0.2) is 0 Å². The smallest absolute Gasteiger partial charge is 0.251 e. The fraction of sp³-hybridized carbons (Fsp3) is 0.357. The molecule has 1 amide bonds. The summed E-state index contributed by atoms with van der Waals surface area (Å²) in [4.78, 5) is 12.0. The highest BCUT2D eigenvalue weighted by atomic mass is 32.2. The maximum atomic E-state index is 12.0. The first-order valence-electron chi connectivity index (χ1n) is 5.93. The van der Waals surface area contributed by atoms with E-state index >= 15 is 0 Å². The Labute approximate surface area is 116 Å². The highest BCUT2D eigenvalue weighted by Gasteiger charge is 2.10. The van der Waals surface area contributed by atoms with E-state index in [1.807, 2.05) is 13.0 Å². The molecule has 2 unspecified atom stereocenters. The lowest BCUT2D eigenvalue weighted by atomic mass is 10.1. The Kier molecular flexibility index (Phi) is 6.26. The Morgan fingerprint density at radius 3 is 2.89 bits per heavy atom. The quantitative estimate of drug-likeness (QED) is 0.788. The van der Waals surface area contributed by atoms with Gasteiger partial charge in [-0.05, 0) is 25.1 Å². The van der Waals surface area contributed by atoms with E-state index in [1.54, 1.807) is 24.5 Å². The van der Waals surface area contributed by atoms with E-state index in [2.05, 4.69) is 17.2 Å². The predicted octanol–water partition coefficient (Wildman–Crippen LogP) is 0.494. The molecular weight excluding hydrogens is 260 g/mol. The Hall–Kier alpha value is -1.64. The molecule has 102 valence electrons. The van der Waals surface area contributed by atoms with E-state index in [0.717, 1.165) is 5.56 Å². The molecule has 0 heterocycles. The lowest BCUT2D eigenvalue weighted by Gasteiger charge is -2.12. The number of nitrogens with two attached hydrogens (primary N) is 1. The van der Waals surface area contributed by atoms with Gasteiger partial charge in [0, 0.05) is 40.0 Å². The summed E-state index contributed by atoms with van der Waals surface area (Å²) < 4.78 is 11.1. The second-order valence-electron chi connectivity index (χ2n) is 4.20. The van der Waals surface area contributed by atoms with E-state index < -0.39 is 10.8 Å². The molecule has 0 saturated heterocycles. The normalized spacial score (nSPS) is 13.0. The van der Waals surface area contributed by atoms with Gasteiger partial charge < -0.3 is 11.1 Å². The molecule has 0 saturated carbocycles. The van der Waals surface area contributed by atoms with Crippen LogP contribution in [-0.4, -0.2) is 34.7 Å². The van der Waals surface area contributed by atoms with Crippen LogP contribution in [0.25, 0.3) is 0 Å². The van der Waals surface area contributed by atoms with Crippen LogP contribution in [0.5, 0.6) is 0 Å². The van der Waals surface area contributed by atoms with E-state index in [9.17, 15) is 9.00 Å². The molecule has 0 radical (unpaired) electrons. The molecule has 2 atom stereocenters. The van der Waals surface area contributed by atoms with Gasteiger partial charge in [-0.15, -0.1) is 0 Å². The number of carbonyl (C=O) groups is 1. The van der Waals surface area contributed by atoms with E-state index in [1.165, 1.54) is 0 Å². The first-order chi connectivity index (χ1) is 9.02. The minimum absolute atomic E-state index is 0.128. The van der Waals surface area contributed by atoms with Gasteiger partial charge in [0.25, 0.3) is 5.91 Å². The largest absolute Gasteiger partial charge is 0.349 e. The van der Waals surface area contributed by atoms with Gasteiger partial charge in [0.15, 0.2) is 0 Å². The molecule has 0 aliphatic carbocycles. The number of rotatable bonds is 4. The summed E-state index contributed by atoms with van der Waals surface area (Å²) in [5.74, 6) is 5.88. The number of nitrogens with one attached hydrogen (secondary N) is 1. The first kappa shape index (κ1) is 15.4. The highest BCUT2D eigenvalue weighted by Crippen LogP contribution is 2.04.